The summed E-state index contributed by atoms with van der Waals surface area (Å²) in [5.41, 5.74) is 0.819. The van der Waals surface area contributed by atoms with Gasteiger partial charge in [0.25, 0.3) is 0 Å². The number of esters is 3. The fraction of sp³-hybridized carbons (Fsp3) is 0.710. The van der Waals surface area contributed by atoms with Crippen LogP contribution in [0, 0.1) is 0 Å². The Morgan fingerprint density at radius 2 is 1.47 bits per heavy atom. The van der Waals surface area contributed by atoms with Crippen molar-refractivity contribution in [2.24, 2.45) is 0 Å². The van der Waals surface area contributed by atoms with Crippen molar-refractivity contribution in [2.75, 3.05) is 13.2 Å². The van der Waals surface area contributed by atoms with Crippen LogP contribution in [0.4, 0.5) is 0 Å². The second-order valence-corrected chi connectivity index (χ2v) is 12.3. The summed E-state index contributed by atoms with van der Waals surface area (Å²) < 4.78 is 66.4. The average Bonchev–Trinajstić information content (AvgIpc) is 3.57. The molecule has 0 unspecified atom stereocenters. The van der Waals surface area contributed by atoms with Crippen LogP contribution in [0.1, 0.15) is 54.0 Å². The molecule has 0 aromatic heterocycles. The number of hydrogen-bond donors (Lipinski definition) is 0. The van der Waals surface area contributed by atoms with E-state index in [1.54, 1.807) is 27.7 Å². The molecule has 0 amide bonds. The first kappa shape index (κ1) is 33.7. The molecule has 4 heterocycles. The van der Waals surface area contributed by atoms with E-state index in [0.717, 1.165) is 5.56 Å². The molecular formula is C31H42O14. The van der Waals surface area contributed by atoms with E-state index in [9.17, 15) is 14.4 Å². The minimum absolute atomic E-state index is 0.0744. The zero-order valence-corrected chi connectivity index (χ0v) is 26.5. The summed E-state index contributed by atoms with van der Waals surface area (Å²) in [5, 5.41) is 0. The molecule has 0 spiro atoms. The van der Waals surface area contributed by atoms with Crippen molar-refractivity contribution < 1.29 is 66.5 Å². The predicted octanol–water partition coefficient (Wildman–Crippen LogP) is 2.14. The van der Waals surface area contributed by atoms with Crippen LogP contribution in [-0.4, -0.2) is 104 Å². The molecule has 4 aliphatic heterocycles. The Hall–Kier alpha value is -2.69. The monoisotopic (exact) mass is 638 g/mol. The van der Waals surface area contributed by atoms with Gasteiger partial charge >= 0.3 is 17.9 Å². The number of carbonyl (C=O) groups excluding carboxylic acids is 3. The smallest absolute Gasteiger partial charge is 0.303 e. The lowest BCUT2D eigenvalue weighted by molar-refractivity contribution is -0.335. The Morgan fingerprint density at radius 1 is 0.778 bits per heavy atom. The molecule has 5 rings (SSSR count). The van der Waals surface area contributed by atoms with E-state index in [-0.39, 0.29) is 19.8 Å². The maximum absolute atomic E-state index is 12.4. The topological polar surface area (TPSA) is 153 Å². The summed E-state index contributed by atoms with van der Waals surface area (Å²) in [7, 11) is 0. The van der Waals surface area contributed by atoms with Crippen molar-refractivity contribution >= 4 is 17.9 Å². The zero-order valence-electron chi connectivity index (χ0n) is 26.5. The van der Waals surface area contributed by atoms with E-state index in [1.807, 2.05) is 30.3 Å². The van der Waals surface area contributed by atoms with E-state index < -0.39 is 90.9 Å². The fourth-order valence-corrected chi connectivity index (χ4v) is 5.91. The molecule has 0 aliphatic carbocycles. The van der Waals surface area contributed by atoms with E-state index in [2.05, 4.69) is 0 Å². The Balaban J connectivity index is 1.49. The van der Waals surface area contributed by atoms with Crippen molar-refractivity contribution in [2.45, 2.75) is 128 Å². The van der Waals surface area contributed by atoms with Gasteiger partial charge in [-0.25, -0.2) is 0 Å². The third-order valence-corrected chi connectivity index (χ3v) is 7.65. The number of rotatable bonds is 10. The first-order chi connectivity index (χ1) is 21.2. The Kier molecular flexibility index (Phi) is 10.2. The molecule has 1 aromatic carbocycles. The van der Waals surface area contributed by atoms with Crippen molar-refractivity contribution in [3.8, 4) is 0 Å². The molecule has 14 heteroatoms. The van der Waals surface area contributed by atoms with Crippen LogP contribution in [-0.2, 0) is 73.1 Å². The van der Waals surface area contributed by atoms with Crippen LogP contribution in [0.2, 0.25) is 0 Å². The van der Waals surface area contributed by atoms with E-state index in [0.29, 0.717) is 0 Å². The van der Waals surface area contributed by atoms with Gasteiger partial charge in [-0.2, -0.15) is 0 Å². The SMILES string of the molecule is CC(=O)OC[C@H]1O[C@H](O[C@@H]2[C@H]3OC(C)(C)O[C@H]3O[C@@H]2[C@H]2COC(C)(C)O2)[C@H](OCc2ccccc2)[C@@H](OC(C)=O)[C@@H]1OC(C)=O. The van der Waals surface area contributed by atoms with Crippen LogP contribution >= 0.6 is 0 Å². The molecular weight excluding hydrogens is 596 g/mol. The van der Waals surface area contributed by atoms with Gasteiger partial charge in [0, 0.05) is 20.8 Å². The van der Waals surface area contributed by atoms with Gasteiger partial charge < -0.3 is 52.1 Å². The molecule has 0 radical (unpaired) electrons. The molecule has 0 N–H and O–H groups in total. The molecule has 10 atom stereocenters. The highest BCUT2D eigenvalue weighted by atomic mass is 16.9. The molecule has 250 valence electrons. The largest absolute Gasteiger partial charge is 0.463 e. The molecule has 0 saturated carbocycles. The second kappa shape index (κ2) is 13.6. The highest BCUT2D eigenvalue weighted by Gasteiger charge is 2.61. The lowest BCUT2D eigenvalue weighted by Crippen LogP contribution is -2.63. The van der Waals surface area contributed by atoms with Gasteiger partial charge in [-0.3, -0.25) is 14.4 Å². The van der Waals surface area contributed by atoms with Gasteiger partial charge in [-0.05, 0) is 33.3 Å². The van der Waals surface area contributed by atoms with Gasteiger partial charge in [0.15, 0.2) is 36.4 Å². The third-order valence-electron chi connectivity index (χ3n) is 7.65. The standard InChI is InChI=1S/C31H42O14/c1-16(32)35-14-20-22(38-17(2)33)24(39-18(3)34)26(36-13-19-11-9-8-10-12-19)28(40-20)42-25-23(21-15-37-30(4,5)43-21)41-29-27(25)44-31(6,7)45-29/h8-12,20-29H,13-15H2,1-7H3/t20-,21-,22-,23-,24+,25+,26-,27-,28-,29-/m1/s1. The minimum atomic E-state index is -1.26. The van der Waals surface area contributed by atoms with Crippen molar-refractivity contribution in [1.82, 2.24) is 0 Å². The van der Waals surface area contributed by atoms with Crippen molar-refractivity contribution in [3.63, 3.8) is 0 Å². The van der Waals surface area contributed by atoms with Gasteiger partial charge in [-0.1, -0.05) is 30.3 Å². The predicted molar refractivity (Wildman–Crippen MR) is 150 cm³/mol. The number of ether oxygens (including phenoxy) is 11. The molecule has 0 bridgehead atoms. The first-order valence-electron chi connectivity index (χ1n) is 15.0. The summed E-state index contributed by atoms with van der Waals surface area (Å²) in [4.78, 5) is 36.4. The van der Waals surface area contributed by atoms with Gasteiger partial charge in [0.2, 0.25) is 0 Å². The lowest BCUT2D eigenvalue weighted by atomic mass is 9.97. The lowest BCUT2D eigenvalue weighted by Gasteiger charge is -2.45. The fourth-order valence-electron chi connectivity index (χ4n) is 5.91. The Bertz CT molecular complexity index is 1200. The summed E-state index contributed by atoms with van der Waals surface area (Å²) >= 11 is 0. The Morgan fingerprint density at radius 3 is 2.09 bits per heavy atom. The quantitative estimate of drug-likeness (QED) is 0.272. The summed E-state index contributed by atoms with van der Waals surface area (Å²) in [6, 6.07) is 9.31. The maximum Gasteiger partial charge on any atom is 0.303 e. The molecule has 14 nitrogen and oxygen atoms in total. The van der Waals surface area contributed by atoms with Gasteiger partial charge in [0.05, 0.1) is 13.2 Å². The van der Waals surface area contributed by atoms with E-state index in [4.69, 9.17) is 52.1 Å². The molecule has 4 fully saturated rings. The minimum Gasteiger partial charge on any atom is -0.463 e. The van der Waals surface area contributed by atoms with Crippen LogP contribution in [0.5, 0.6) is 0 Å². The summed E-state index contributed by atoms with van der Waals surface area (Å²) in [6.45, 7) is 10.8. The van der Waals surface area contributed by atoms with E-state index >= 15 is 0 Å². The van der Waals surface area contributed by atoms with Gasteiger partial charge in [-0.15, -0.1) is 0 Å². The number of fused-ring (bicyclic) bond motifs is 1. The molecule has 1 aromatic rings. The van der Waals surface area contributed by atoms with Crippen molar-refractivity contribution in [3.05, 3.63) is 35.9 Å². The second-order valence-electron chi connectivity index (χ2n) is 12.3. The van der Waals surface area contributed by atoms with Crippen molar-refractivity contribution in [1.29, 1.82) is 0 Å². The zero-order chi connectivity index (χ0) is 32.5. The highest BCUT2D eigenvalue weighted by Crippen LogP contribution is 2.43. The van der Waals surface area contributed by atoms with E-state index in [1.165, 1.54) is 20.8 Å². The average molecular weight is 639 g/mol. The Labute approximate surface area is 261 Å². The highest BCUT2D eigenvalue weighted by molar-refractivity contribution is 5.68. The summed E-state index contributed by atoms with van der Waals surface area (Å²) in [5.74, 6) is -3.74. The molecule has 4 saturated heterocycles. The van der Waals surface area contributed by atoms with Gasteiger partial charge in [0.1, 0.15) is 43.2 Å². The number of benzene rings is 1. The number of carbonyl (C=O) groups is 3. The van der Waals surface area contributed by atoms with Crippen LogP contribution in [0.25, 0.3) is 0 Å². The normalized spacial score (nSPS) is 36.7. The first-order valence-corrected chi connectivity index (χ1v) is 15.0. The maximum atomic E-state index is 12.4. The van der Waals surface area contributed by atoms with Crippen LogP contribution in [0.15, 0.2) is 30.3 Å². The molecule has 4 aliphatic rings. The molecule has 45 heavy (non-hydrogen) atoms. The number of hydrogen-bond acceptors (Lipinski definition) is 14. The summed E-state index contributed by atoms with van der Waals surface area (Å²) in [6.07, 6.45) is -9.50. The third kappa shape index (κ3) is 8.19. The van der Waals surface area contributed by atoms with Crippen LogP contribution < -0.4 is 0 Å². The van der Waals surface area contributed by atoms with Crippen LogP contribution in [0.3, 0.4) is 0 Å².